The van der Waals surface area contributed by atoms with Crippen molar-refractivity contribution < 1.29 is 0 Å². The molecule has 0 atom stereocenters. The van der Waals surface area contributed by atoms with E-state index >= 15 is 0 Å². The number of hydrogen-bond acceptors (Lipinski definition) is 7. The minimum atomic E-state index is 0.766. The lowest BCUT2D eigenvalue weighted by Gasteiger charge is -2.23. The van der Waals surface area contributed by atoms with Crippen molar-refractivity contribution in [2.24, 2.45) is 0 Å². The Morgan fingerprint density at radius 1 is 0.742 bits per heavy atom. The molecule has 166 valence electrons. The minimum absolute atomic E-state index is 0.766. The number of fused-ring (bicyclic) bond motifs is 1. The SMILES string of the molecule is c1ncc2ncn(Cc3ccc(CN4CCCNCCNCCCNCC4)cc3)c2n1. The average Bonchev–Trinajstić information content (AvgIpc) is 3.20. The van der Waals surface area contributed by atoms with E-state index in [1.54, 1.807) is 12.5 Å². The van der Waals surface area contributed by atoms with E-state index in [0.29, 0.717) is 0 Å². The summed E-state index contributed by atoms with van der Waals surface area (Å²) in [6.45, 7) is 10.3. The van der Waals surface area contributed by atoms with Gasteiger partial charge in [-0.15, -0.1) is 0 Å². The third kappa shape index (κ3) is 6.80. The van der Waals surface area contributed by atoms with Gasteiger partial charge in [-0.2, -0.15) is 0 Å². The normalized spacial score (nSPS) is 18.1. The molecular formula is C23H34N8. The maximum atomic E-state index is 4.38. The van der Waals surface area contributed by atoms with Crippen molar-refractivity contribution in [3.63, 3.8) is 0 Å². The van der Waals surface area contributed by atoms with Crippen molar-refractivity contribution in [3.8, 4) is 0 Å². The average molecular weight is 423 g/mol. The molecule has 1 fully saturated rings. The molecule has 1 aliphatic heterocycles. The number of imidazole rings is 1. The van der Waals surface area contributed by atoms with Crippen LogP contribution in [0.15, 0.2) is 43.1 Å². The predicted octanol–water partition coefficient (Wildman–Crippen LogP) is 1.24. The molecule has 0 spiro atoms. The zero-order valence-corrected chi connectivity index (χ0v) is 18.3. The van der Waals surface area contributed by atoms with E-state index in [1.165, 1.54) is 24.0 Å². The molecule has 31 heavy (non-hydrogen) atoms. The number of rotatable bonds is 4. The van der Waals surface area contributed by atoms with Crippen LogP contribution in [0.5, 0.6) is 0 Å². The lowest BCUT2D eigenvalue weighted by molar-refractivity contribution is 0.260. The van der Waals surface area contributed by atoms with Gasteiger partial charge in [0.1, 0.15) is 11.8 Å². The standard InChI is InChI=1S/C23H34N8/c1-7-24-10-11-25-9-2-13-30(14-12-26-8-1)16-20-3-5-21(6-4-20)17-31-19-29-22-15-27-18-28-23(22)31/h3-6,15,18-19,24-26H,1-2,7-14,16-17H2. The fraction of sp³-hybridized carbons (Fsp3) is 0.522. The van der Waals surface area contributed by atoms with Crippen LogP contribution in [0.2, 0.25) is 0 Å². The molecule has 8 nitrogen and oxygen atoms in total. The summed E-state index contributed by atoms with van der Waals surface area (Å²) in [5, 5.41) is 10.6. The third-order valence-corrected chi connectivity index (χ3v) is 5.68. The van der Waals surface area contributed by atoms with Crippen molar-refractivity contribution in [3.05, 3.63) is 54.2 Å². The molecule has 3 aromatic rings. The van der Waals surface area contributed by atoms with Gasteiger partial charge < -0.3 is 20.5 Å². The summed E-state index contributed by atoms with van der Waals surface area (Å²) in [5.41, 5.74) is 4.32. The molecule has 1 saturated heterocycles. The Morgan fingerprint density at radius 3 is 2.26 bits per heavy atom. The molecule has 0 saturated carbocycles. The predicted molar refractivity (Wildman–Crippen MR) is 124 cm³/mol. The molecule has 3 N–H and O–H groups in total. The summed E-state index contributed by atoms with van der Waals surface area (Å²) >= 11 is 0. The van der Waals surface area contributed by atoms with Crippen molar-refractivity contribution in [2.75, 3.05) is 52.4 Å². The Hall–Kier alpha value is -2.39. The largest absolute Gasteiger partial charge is 0.315 e. The second-order valence-corrected chi connectivity index (χ2v) is 8.15. The molecule has 3 heterocycles. The van der Waals surface area contributed by atoms with E-state index in [1.807, 2.05) is 6.33 Å². The Labute approximate surface area is 184 Å². The Morgan fingerprint density at radius 2 is 1.45 bits per heavy atom. The van der Waals surface area contributed by atoms with Crippen molar-refractivity contribution in [1.29, 1.82) is 0 Å². The van der Waals surface area contributed by atoms with Crippen LogP contribution in [-0.2, 0) is 13.1 Å². The number of nitrogens with one attached hydrogen (secondary N) is 3. The summed E-state index contributed by atoms with van der Waals surface area (Å²) in [5.74, 6) is 0. The van der Waals surface area contributed by atoms with Crippen molar-refractivity contribution in [1.82, 2.24) is 40.4 Å². The molecule has 1 aliphatic rings. The highest BCUT2D eigenvalue weighted by Crippen LogP contribution is 2.13. The molecular weight excluding hydrogens is 388 g/mol. The number of benzene rings is 1. The summed E-state index contributed by atoms with van der Waals surface area (Å²) in [6.07, 6.45) is 7.52. The Kier molecular flexibility index (Phi) is 8.35. The third-order valence-electron chi connectivity index (χ3n) is 5.68. The van der Waals surface area contributed by atoms with Crippen LogP contribution in [0.3, 0.4) is 0 Å². The zero-order valence-electron chi connectivity index (χ0n) is 18.3. The van der Waals surface area contributed by atoms with Crippen LogP contribution < -0.4 is 16.0 Å². The van der Waals surface area contributed by atoms with Crippen LogP contribution in [0.4, 0.5) is 0 Å². The van der Waals surface area contributed by atoms with E-state index in [9.17, 15) is 0 Å². The topological polar surface area (TPSA) is 82.9 Å². The lowest BCUT2D eigenvalue weighted by atomic mass is 10.1. The van der Waals surface area contributed by atoms with E-state index in [4.69, 9.17) is 0 Å². The highest BCUT2D eigenvalue weighted by molar-refractivity contribution is 5.68. The van der Waals surface area contributed by atoms with Crippen LogP contribution in [0.25, 0.3) is 11.2 Å². The molecule has 2 aromatic heterocycles. The van der Waals surface area contributed by atoms with Crippen LogP contribution >= 0.6 is 0 Å². The number of aromatic nitrogens is 4. The smallest absolute Gasteiger partial charge is 0.163 e. The van der Waals surface area contributed by atoms with Gasteiger partial charge in [0.25, 0.3) is 0 Å². The zero-order chi connectivity index (χ0) is 21.1. The summed E-state index contributed by atoms with van der Waals surface area (Å²) < 4.78 is 2.07. The van der Waals surface area contributed by atoms with E-state index in [-0.39, 0.29) is 0 Å². The first kappa shape index (κ1) is 21.8. The second kappa shape index (κ2) is 11.9. The first-order chi connectivity index (χ1) is 15.4. The first-order valence-corrected chi connectivity index (χ1v) is 11.4. The highest BCUT2D eigenvalue weighted by atomic mass is 15.1. The maximum Gasteiger partial charge on any atom is 0.163 e. The molecule has 0 bridgehead atoms. The van der Waals surface area contributed by atoms with Gasteiger partial charge >= 0.3 is 0 Å². The molecule has 0 radical (unpaired) electrons. The van der Waals surface area contributed by atoms with Gasteiger partial charge in [-0.3, -0.25) is 4.90 Å². The molecule has 1 aromatic carbocycles. The van der Waals surface area contributed by atoms with E-state index in [0.717, 1.165) is 76.6 Å². The molecule has 0 aliphatic carbocycles. The molecule has 0 amide bonds. The van der Waals surface area contributed by atoms with Crippen molar-refractivity contribution >= 4 is 11.2 Å². The van der Waals surface area contributed by atoms with Gasteiger partial charge in [0.15, 0.2) is 5.65 Å². The van der Waals surface area contributed by atoms with Crippen LogP contribution in [0, 0.1) is 0 Å². The monoisotopic (exact) mass is 422 g/mol. The lowest BCUT2D eigenvalue weighted by Crippen LogP contribution is -2.36. The van der Waals surface area contributed by atoms with Crippen LogP contribution in [0.1, 0.15) is 24.0 Å². The molecule has 8 heteroatoms. The molecule has 4 rings (SSSR count). The fourth-order valence-electron chi connectivity index (χ4n) is 3.96. The summed E-state index contributed by atoms with van der Waals surface area (Å²) in [4.78, 5) is 15.3. The van der Waals surface area contributed by atoms with Gasteiger partial charge in [0.05, 0.1) is 19.1 Å². The van der Waals surface area contributed by atoms with Crippen molar-refractivity contribution in [2.45, 2.75) is 25.9 Å². The molecule has 0 unspecified atom stereocenters. The maximum absolute atomic E-state index is 4.38. The van der Waals surface area contributed by atoms with Gasteiger partial charge in [-0.05, 0) is 50.1 Å². The quantitative estimate of drug-likeness (QED) is 0.583. The Balaban J connectivity index is 1.32. The van der Waals surface area contributed by atoms with E-state index < -0.39 is 0 Å². The number of nitrogens with zero attached hydrogens (tertiary/aromatic N) is 5. The van der Waals surface area contributed by atoms with E-state index in [2.05, 4.69) is 64.6 Å². The fourth-order valence-corrected chi connectivity index (χ4v) is 3.96. The summed E-state index contributed by atoms with van der Waals surface area (Å²) in [6, 6.07) is 8.96. The minimum Gasteiger partial charge on any atom is -0.315 e. The highest BCUT2D eigenvalue weighted by Gasteiger charge is 2.08. The van der Waals surface area contributed by atoms with Crippen LogP contribution in [-0.4, -0.2) is 76.8 Å². The number of hydrogen-bond donors (Lipinski definition) is 3. The van der Waals surface area contributed by atoms with Gasteiger partial charge in [-0.25, -0.2) is 15.0 Å². The van der Waals surface area contributed by atoms with Gasteiger partial charge in [-0.1, -0.05) is 24.3 Å². The first-order valence-electron chi connectivity index (χ1n) is 11.4. The van der Waals surface area contributed by atoms with Gasteiger partial charge in [0.2, 0.25) is 0 Å². The van der Waals surface area contributed by atoms with Gasteiger partial charge in [0, 0.05) is 32.7 Å². The summed E-state index contributed by atoms with van der Waals surface area (Å²) in [7, 11) is 0. The Bertz CT molecular complexity index is 893. The second-order valence-electron chi connectivity index (χ2n) is 8.15.